The zero-order chi connectivity index (χ0) is 19.0. The van der Waals surface area contributed by atoms with Gasteiger partial charge in [0.1, 0.15) is 0 Å². The molecule has 3 aliphatic rings. The highest BCUT2D eigenvalue weighted by Crippen LogP contribution is 2.48. The molecular weight excluding hydrogens is 346 g/mol. The van der Waals surface area contributed by atoms with Gasteiger partial charge in [0.25, 0.3) is 0 Å². The van der Waals surface area contributed by atoms with Gasteiger partial charge in [-0.2, -0.15) is 0 Å². The summed E-state index contributed by atoms with van der Waals surface area (Å²) in [5.41, 5.74) is 1.09. The van der Waals surface area contributed by atoms with Crippen molar-refractivity contribution in [2.75, 3.05) is 24.5 Å². The highest BCUT2D eigenvalue weighted by molar-refractivity contribution is 5.95. The lowest BCUT2D eigenvalue weighted by atomic mass is 9.81. The molecule has 1 aromatic carbocycles. The van der Waals surface area contributed by atoms with Crippen molar-refractivity contribution in [3.63, 3.8) is 0 Å². The molecule has 0 bridgehead atoms. The second-order valence-electron chi connectivity index (χ2n) is 7.91. The van der Waals surface area contributed by atoms with E-state index in [1.54, 1.807) is 9.80 Å². The molecule has 1 aliphatic carbocycles. The van der Waals surface area contributed by atoms with Gasteiger partial charge in [-0.1, -0.05) is 18.6 Å². The molecule has 7 heteroatoms. The minimum atomic E-state index is -0.771. The van der Waals surface area contributed by atoms with E-state index in [0.29, 0.717) is 32.5 Å². The van der Waals surface area contributed by atoms with Gasteiger partial charge in [0, 0.05) is 38.3 Å². The average molecular weight is 371 g/mol. The van der Waals surface area contributed by atoms with Gasteiger partial charge < -0.3 is 20.2 Å². The zero-order valence-electron chi connectivity index (χ0n) is 15.3. The normalized spacial score (nSPS) is 27.1. The van der Waals surface area contributed by atoms with E-state index >= 15 is 0 Å². The Kier molecular flexibility index (Phi) is 4.53. The first-order valence-corrected chi connectivity index (χ1v) is 9.65. The third kappa shape index (κ3) is 3.15. The topological polar surface area (TPSA) is 90.0 Å². The number of urea groups is 1. The van der Waals surface area contributed by atoms with E-state index in [0.717, 1.165) is 37.1 Å². The van der Waals surface area contributed by atoms with Crippen LogP contribution in [0.1, 0.15) is 37.7 Å². The van der Waals surface area contributed by atoms with Gasteiger partial charge in [0.05, 0.1) is 5.41 Å². The monoisotopic (exact) mass is 371 g/mol. The van der Waals surface area contributed by atoms with Crippen LogP contribution in [-0.4, -0.2) is 47.5 Å². The first-order chi connectivity index (χ1) is 13.0. The Labute approximate surface area is 158 Å². The number of amides is 3. The lowest BCUT2D eigenvalue weighted by molar-refractivity contribution is -0.149. The molecule has 27 heavy (non-hydrogen) atoms. The molecule has 0 spiro atoms. The predicted molar refractivity (Wildman–Crippen MR) is 99.2 cm³/mol. The fraction of sp³-hybridized carbons (Fsp3) is 0.550. The molecule has 0 unspecified atom stereocenters. The van der Waals surface area contributed by atoms with Crippen LogP contribution in [0.2, 0.25) is 0 Å². The predicted octanol–water partition coefficient (Wildman–Crippen LogP) is 2.21. The lowest BCUT2D eigenvalue weighted by Gasteiger charge is -2.23. The summed E-state index contributed by atoms with van der Waals surface area (Å²) >= 11 is 0. The third-order valence-corrected chi connectivity index (χ3v) is 6.35. The maximum atomic E-state index is 12.5. The second kappa shape index (κ2) is 6.87. The number of likely N-dealkylation sites (tertiary alicyclic amines) is 1. The number of benzene rings is 1. The highest BCUT2D eigenvalue weighted by atomic mass is 16.4. The molecule has 4 rings (SSSR count). The molecule has 0 radical (unpaired) electrons. The Balaban J connectivity index is 1.33. The lowest BCUT2D eigenvalue weighted by Crippen LogP contribution is -2.41. The van der Waals surface area contributed by atoms with Crippen molar-refractivity contribution in [2.24, 2.45) is 11.3 Å². The Morgan fingerprint density at radius 1 is 1.22 bits per heavy atom. The zero-order valence-corrected chi connectivity index (χ0v) is 15.3. The average Bonchev–Trinajstić information content (AvgIpc) is 3.34. The van der Waals surface area contributed by atoms with Crippen LogP contribution in [0.25, 0.3) is 0 Å². The van der Waals surface area contributed by atoms with Crippen LogP contribution in [0.3, 0.4) is 0 Å². The van der Waals surface area contributed by atoms with E-state index in [1.807, 2.05) is 24.3 Å². The Morgan fingerprint density at radius 3 is 2.63 bits per heavy atom. The summed E-state index contributed by atoms with van der Waals surface area (Å²) in [6.45, 7) is 1.97. The third-order valence-electron chi connectivity index (χ3n) is 6.35. The van der Waals surface area contributed by atoms with Crippen molar-refractivity contribution in [2.45, 2.75) is 38.6 Å². The van der Waals surface area contributed by atoms with E-state index in [9.17, 15) is 19.5 Å². The van der Waals surface area contributed by atoms with Gasteiger partial charge in [-0.3, -0.25) is 9.59 Å². The van der Waals surface area contributed by atoms with Crippen molar-refractivity contribution in [3.8, 4) is 0 Å². The van der Waals surface area contributed by atoms with E-state index in [1.165, 1.54) is 0 Å². The maximum absolute atomic E-state index is 12.5. The molecule has 3 fully saturated rings. The highest BCUT2D eigenvalue weighted by Gasteiger charge is 2.55. The number of nitrogens with zero attached hydrogens (tertiary/aromatic N) is 2. The van der Waals surface area contributed by atoms with Crippen molar-refractivity contribution >= 4 is 23.6 Å². The summed E-state index contributed by atoms with van der Waals surface area (Å²) < 4.78 is 0. The van der Waals surface area contributed by atoms with Gasteiger partial charge in [-0.25, -0.2) is 4.79 Å². The number of anilines is 1. The van der Waals surface area contributed by atoms with Gasteiger partial charge in [-0.15, -0.1) is 0 Å². The van der Waals surface area contributed by atoms with E-state index < -0.39 is 11.4 Å². The van der Waals surface area contributed by atoms with E-state index in [4.69, 9.17) is 0 Å². The number of nitrogens with one attached hydrogen (secondary N) is 1. The van der Waals surface area contributed by atoms with Gasteiger partial charge in [-0.05, 0) is 42.9 Å². The quantitative estimate of drug-likeness (QED) is 0.849. The Morgan fingerprint density at radius 2 is 2.00 bits per heavy atom. The Bertz CT molecular complexity index is 763. The van der Waals surface area contributed by atoms with Crippen LogP contribution < -0.4 is 10.2 Å². The van der Waals surface area contributed by atoms with Crippen molar-refractivity contribution < 1.29 is 19.5 Å². The summed E-state index contributed by atoms with van der Waals surface area (Å²) in [7, 11) is 0. The summed E-state index contributed by atoms with van der Waals surface area (Å²) in [6.07, 6.45) is 3.97. The molecule has 2 saturated heterocycles. The minimum absolute atomic E-state index is 0.0676. The molecule has 1 saturated carbocycles. The van der Waals surface area contributed by atoms with Crippen LogP contribution in [0, 0.1) is 11.3 Å². The molecule has 3 amide bonds. The largest absolute Gasteiger partial charge is 0.481 e. The number of carbonyl (C=O) groups is 3. The SMILES string of the molecule is O=C(NCc1ccc(N2CCCC2=O)cc1)N1C[C@@H]2CCC[C@@]2(C(=O)O)C1. The fourth-order valence-corrected chi connectivity index (χ4v) is 4.80. The number of carboxylic acids is 1. The first kappa shape index (κ1) is 17.8. The number of hydrogen-bond acceptors (Lipinski definition) is 3. The van der Waals surface area contributed by atoms with Crippen molar-refractivity contribution in [3.05, 3.63) is 29.8 Å². The summed E-state index contributed by atoms with van der Waals surface area (Å²) in [5.74, 6) is -0.548. The number of carboxylic acid groups (broad SMARTS) is 1. The molecule has 2 heterocycles. The number of aliphatic carboxylic acids is 1. The van der Waals surface area contributed by atoms with Crippen molar-refractivity contribution in [1.82, 2.24) is 10.2 Å². The number of fused-ring (bicyclic) bond motifs is 1. The van der Waals surface area contributed by atoms with Crippen LogP contribution in [0.15, 0.2) is 24.3 Å². The number of carbonyl (C=O) groups excluding carboxylic acids is 2. The maximum Gasteiger partial charge on any atom is 0.317 e. The molecule has 2 atom stereocenters. The molecule has 144 valence electrons. The van der Waals surface area contributed by atoms with Crippen LogP contribution in [0.4, 0.5) is 10.5 Å². The molecule has 2 N–H and O–H groups in total. The first-order valence-electron chi connectivity index (χ1n) is 9.65. The van der Waals surface area contributed by atoms with E-state index in [2.05, 4.69) is 5.32 Å². The molecule has 2 aliphatic heterocycles. The number of rotatable bonds is 4. The summed E-state index contributed by atoms with van der Waals surface area (Å²) in [4.78, 5) is 39.5. The van der Waals surface area contributed by atoms with Gasteiger partial charge >= 0.3 is 12.0 Å². The minimum Gasteiger partial charge on any atom is -0.481 e. The molecular formula is C20H25N3O4. The Hall–Kier alpha value is -2.57. The van der Waals surface area contributed by atoms with Gasteiger partial charge in [0.15, 0.2) is 0 Å². The second-order valence-corrected chi connectivity index (χ2v) is 7.91. The molecule has 7 nitrogen and oxygen atoms in total. The molecule has 1 aromatic rings. The standard InChI is InChI=1S/C20H25N3O4/c24-17-4-2-10-23(17)16-7-5-14(6-8-16)11-21-19(27)22-12-15-3-1-9-20(15,13-22)18(25)26/h5-8,15H,1-4,9-13H2,(H,21,27)(H,25,26)/t15-,20+/m0/s1. The van der Waals surface area contributed by atoms with Gasteiger partial charge in [0.2, 0.25) is 5.91 Å². The van der Waals surface area contributed by atoms with E-state index in [-0.39, 0.29) is 17.9 Å². The van der Waals surface area contributed by atoms with Crippen molar-refractivity contribution in [1.29, 1.82) is 0 Å². The smallest absolute Gasteiger partial charge is 0.317 e. The fourth-order valence-electron chi connectivity index (χ4n) is 4.80. The molecule has 0 aromatic heterocycles. The summed E-state index contributed by atoms with van der Waals surface area (Å²) in [6, 6.07) is 7.44. The number of hydrogen-bond donors (Lipinski definition) is 2. The van der Waals surface area contributed by atoms with Crippen LogP contribution in [-0.2, 0) is 16.1 Å². The van der Waals surface area contributed by atoms with Crippen LogP contribution in [0.5, 0.6) is 0 Å². The summed E-state index contributed by atoms with van der Waals surface area (Å²) in [5, 5.41) is 12.5. The van der Waals surface area contributed by atoms with Crippen LogP contribution >= 0.6 is 0 Å².